The van der Waals surface area contributed by atoms with Gasteiger partial charge in [0.25, 0.3) is 0 Å². The maximum atomic E-state index is 5.28. The first kappa shape index (κ1) is 10.4. The summed E-state index contributed by atoms with van der Waals surface area (Å²) in [6.45, 7) is 0.347. The van der Waals surface area contributed by atoms with E-state index in [1.807, 2.05) is 12.1 Å². The zero-order chi connectivity index (χ0) is 10.4. The standard InChI is InChI=1S/C11H13NO2/c1-13-10-6-9(4-3-5-12)7-11(8-10)14-2/h6-8H,5,12H2,1-2H3. The minimum absolute atomic E-state index is 0.347. The second-order valence-electron chi connectivity index (χ2n) is 2.61. The lowest BCUT2D eigenvalue weighted by atomic mass is 10.2. The van der Waals surface area contributed by atoms with E-state index in [4.69, 9.17) is 15.2 Å². The highest BCUT2D eigenvalue weighted by atomic mass is 16.5. The molecule has 0 saturated carbocycles. The summed E-state index contributed by atoms with van der Waals surface area (Å²) in [5.74, 6) is 7.15. The number of ether oxygens (including phenoxy) is 2. The Labute approximate surface area is 83.8 Å². The summed E-state index contributed by atoms with van der Waals surface area (Å²) in [6.07, 6.45) is 0. The van der Waals surface area contributed by atoms with Crippen molar-refractivity contribution in [3.8, 4) is 23.3 Å². The molecule has 0 amide bonds. The summed E-state index contributed by atoms with van der Waals surface area (Å²) in [6, 6.07) is 5.48. The van der Waals surface area contributed by atoms with E-state index in [9.17, 15) is 0 Å². The Morgan fingerprint density at radius 2 is 1.71 bits per heavy atom. The van der Waals surface area contributed by atoms with Gasteiger partial charge in [-0.25, -0.2) is 0 Å². The third-order valence-electron chi connectivity index (χ3n) is 1.69. The van der Waals surface area contributed by atoms with Gasteiger partial charge in [-0.05, 0) is 12.1 Å². The zero-order valence-corrected chi connectivity index (χ0v) is 8.33. The summed E-state index contributed by atoms with van der Waals surface area (Å²) in [5.41, 5.74) is 6.12. The molecule has 2 N–H and O–H groups in total. The Kier molecular flexibility index (Phi) is 3.84. The van der Waals surface area contributed by atoms with Crippen LogP contribution < -0.4 is 15.2 Å². The molecule has 1 aromatic carbocycles. The van der Waals surface area contributed by atoms with Gasteiger partial charge in [-0.2, -0.15) is 0 Å². The van der Waals surface area contributed by atoms with Crippen molar-refractivity contribution in [2.24, 2.45) is 5.73 Å². The average molecular weight is 191 g/mol. The molecule has 0 fully saturated rings. The van der Waals surface area contributed by atoms with E-state index in [1.165, 1.54) is 0 Å². The lowest BCUT2D eigenvalue weighted by Crippen LogP contribution is -1.93. The van der Waals surface area contributed by atoms with Crippen molar-refractivity contribution in [3.05, 3.63) is 23.8 Å². The second kappa shape index (κ2) is 5.15. The number of nitrogens with two attached hydrogens (primary N) is 1. The fourth-order valence-electron chi connectivity index (χ4n) is 1.03. The molecule has 0 atom stereocenters. The van der Waals surface area contributed by atoms with Gasteiger partial charge in [0, 0.05) is 11.6 Å². The molecular weight excluding hydrogens is 178 g/mol. The van der Waals surface area contributed by atoms with Crippen molar-refractivity contribution >= 4 is 0 Å². The van der Waals surface area contributed by atoms with E-state index < -0.39 is 0 Å². The maximum Gasteiger partial charge on any atom is 0.123 e. The summed E-state index contributed by atoms with van der Waals surface area (Å²) < 4.78 is 10.2. The van der Waals surface area contributed by atoms with Crippen LogP contribution in [0.4, 0.5) is 0 Å². The van der Waals surface area contributed by atoms with Crippen LogP contribution in [0.2, 0.25) is 0 Å². The van der Waals surface area contributed by atoms with Crippen LogP contribution in [0.1, 0.15) is 5.56 Å². The first-order chi connectivity index (χ1) is 6.80. The van der Waals surface area contributed by atoms with E-state index in [-0.39, 0.29) is 0 Å². The molecule has 14 heavy (non-hydrogen) atoms. The molecule has 0 radical (unpaired) electrons. The molecule has 0 aliphatic rings. The van der Waals surface area contributed by atoms with Crippen molar-refractivity contribution in [3.63, 3.8) is 0 Å². The summed E-state index contributed by atoms with van der Waals surface area (Å²) >= 11 is 0. The van der Waals surface area contributed by atoms with E-state index in [0.717, 1.165) is 17.1 Å². The van der Waals surface area contributed by atoms with Gasteiger partial charge < -0.3 is 15.2 Å². The van der Waals surface area contributed by atoms with Gasteiger partial charge in [-0.15, -0.1) is 0 Å². The molecule has 1 aromatic rings. The molecule has 0 saturated heterocycles. The van der Waals surface area contributed by atoms with Crippen LogP contribution in [0.25, 0.3) is 0 Å². The first-order valence-corrected chi connectivity index (χ1v) is 4.22. The Bertz CT molecular complexity index is 341. The van der Waals surface area contributed by atoms with Crippen LogP contribution in [0, 0.1) is 11.8 Å². The fourth-order valence-corrected chi connectivity index (χ4v) is 1.03. The number of hydrogen-bond donors (Lipinski definition) is 1. The number of benzene rings is 1. The highest BCUT2D eigenvalue weighted by Gasteiger charge is 1.98. The third-order valence-corrected chi connectivity index (χ3v) is 1.69. The lowest BCUT2D eigenvalue weighted by Gasteiger charge is -2.04. The van der Waals surface area contributed by atoms with Gasteiger partial charge in [0.15, 0.2) is 0 Å². The molecule has 0 heterocycles. The Hall–Kier alpha value is -1.66. The zero-order valence-electron chi connectivity index (χ0n) is 8.33. The Morgan fingerprint density at radius 3 is 2.14 bits per heavy atom. The molecule has 0 bridgehead atoms. The van der Waals surface area contributed by atoms with Crippen LogP contribution in [0.3, 0.4) is 0 Å². The Balaban J connectivity index is 3.04. The third kappa shape index (κ3) is 2.68. The monoisotopic (exact) mass is 191 g/mol. The highest BCUT2D eigenvalue weighted by Crippen LogP contribution is 2.21. The molecule has 1 rings (SSSR count). The predicted molar refractivity (Wildman–Crippen MR) is 55.5 cm³/mol. The quantitative estimate of drug-likeness (QED) is 0.710. The van der Waals surface area contributed by atoms with Gasteiger partial charge in [-0.1, -0.05) is 11.8 Å². The van der Waals surface area contributed by atoms with Gasteiger partial charge >= 0.3 is 0 Å². The fraction of sp³-hybridized carbons (Fsp3) is 0.273. The van der Waals surface area contributed by atoms with Gasteiger partial charge in [-0.3, -0.25) is 0 Å². The predicted octanol–water partition coefficient (Wildman–Crippen LogP) is 1.01. The topological polar surface area (TPSA) is 44.5 Å². The normalized spacial score (nSPS) is 8.79. The molecule has 0 spiro atoms. The molecular formula is C11H13NO2. The average Bonchev–Trinajstić information content (AvgIpc) is 2.25. The summed E-state index contributed by atoms with van der Waals surface area (Å²) in [7, 11) is 3.21. The molecule has 0 aromatic heterocycles. The molecule has 3 heteroatoms. The minimum Gasteiger partial charge on any atom is -0.497 e. The van der Waals surface area contributed by atoms with Crippen LogP contribution in [-0.4, -0.2) is 20.8 Å². The largest absolute Gasteiger partial charge is 0.497 e. The van der Waals surface area contributed by atoms with E-state index in [1.54, 1.807) is 20.3 Å². The SMILES string of the molecule is COc1cc(C#CCN)cc(OC)c1. The number of hydrogen-bond acceptors (Lipinski definition) is 3. The Morgan fingerprint density at radius 1 is 1.14 bits per heavy atom. The van der Waals surface area contributed by atoms with Gasteiger partial charge in [0.1, 0.15) is 11.5 Å². The molecule has 0 unspecified atom stereocenters. The van der Waals surface area contributed by atoms with Crippen molar-refractivity contribution in [2.75, 3.05) is 20.8 Å². The number of rotatable bonds is 2. The van der Waals surface area contributed by atoms with E-state index in [2.05, 4.69) is 11.8 Å². The smallest absolute Gasteiger partial charge is 0.123 e. The van der Waals surface area contributed by atoms with Crippen LogP contribution >= 0.6 is 0 Å². The lowest BCUT2D eigenvalue weighted by molar-refractivity contribution is 0.394. The van der Waals surface area contributed by atoms with Crippen molar-refractivity contribution in [1.29, 1.82) is 0 Å². The summed E-state index contributed by atoms with van der Waals surface area (Å²) in [4.78, 5) is 0. The van der Waals surface area contributed by atoms with Crippen LogP contribution in [0.5, 0.6) is 11.5 Å². The maximum absolute atomic E-state index is 5.28. The van der Waals surface area contributed by atoms with E-state index >= 15 is 0 Å². The van der Waals surface area contributed by atoms with Crippen LogP contribution in [0.15, 0.2) is 18.2 Å². The summed E-state index contributed by atoms with van der Waals surface area (Å²) in [5, 5.41) is 0. The van der Waals surface area contributed by atoms with Crippen molar-refractivity contribution in [1.82, 2.24) is 0 Å². The number of methoxy groups -OCH3 is 2. The second-order valence-corrected chi connectivity index (χ2v) is 2.61. The molecule has 0 aliphatic heterocycles. The van der Waals surface area contributed by atoms with Gasteiger partial charge in [0.05, 0.1) is 20.8 Å². The van der Waals surface area contributed by atoms with Crippen molar-refractivity contribution in [2.45, 2.75) is 0 Å². The van der Waals surface area contributed by atoms with Crippen LogP contribution in [-0.2, 0) is 0 Å². The molecule has 3 nitrogen and oxygen atoms in total. The van der Waals surface area contributed by atoms with Gasteiger partial charge in [0.2, 0.25) is 0 Å². The highest BCUT2D eigenvalue weighted by molar-refractivity contribution is 5.46. The van der Waals surface area contributed by atoms with Crippen molar-refractivity contribution < 1.29 is 9.47 Å². The molecule has 0 aliphatic carbocycles. The minimum atomic E-state index is 0.347. The molecule has 74 valence electrons. The van der Waals surface area contributed by atoms with E-state index in [0.29, 0.717) is 6.54 Å². The first-order valence-electron chi connectivity index (χ1n) is 4.22.